The maximum absolute atomic E-state index is 5.72. The van der Waals surface area contributed by atoms with Crippen molar-refractivity contribution in [3.8, 4) is 5.75 Å². The van der Waals surface area contributed by atoms with Gasteiger partial charge in [0.1, 0.15) is 23.1 Å². The molecule has 0 saturated heterocycles. The van der Waals surface area contributed by atoms with E-state index in [9.17, 15) is 0 Å². The van der Waals surface area contributed by atoms with Gasteiger partial charge in [0.05, 0.1) is 3.57 Å². The molecule has 0 saturated carbocycles. The lowest BCUT2D eigenvalue weighted by molar-refractivity contribution is 0.299. The first kappa shape index (κ1) is 12.6. The molecule has 4 nitrogen and oxygen atoms in total. The Hall–Kier alpha value is -0.890. The average molecular weight is 361 g/mol. The Morgan fingerprint density at radius 1 is 1.41 bits per heavy atom. The number of hydrogen-bond donors (Lipinski definition) is 1. The summed E-state index contributed by atoms with van der Waals surface area (Å²) in [5.74, 6) is 0.878. The molecule has 0 amide bonds. The van der Waals surface area contributed by atoms with Gasteiger partial charge in [-0.25, -0.2) is 0 Å². The number of aromatic nitrogens is 2. The van der Waals surface area contributed by atoms with Crippen LogP contribution >= 0.6 is 34.1 Å². The summed E-state index contributed by atoms with van der Waals surface area (Å²) < 4.78 is 10.7. The molecule has 1 N–H and O–H groups in total. The molecule has 2 aromatic rings. The second kappa shape index (κ2) is 6.15. The third kappa shape index (κ3) is 3.29. The van der Waals surface area contributed by atoms with E-state index >= 15 is 0 Å². The second-order valence-electron chi connectivity index (χ2n) is 3.30. The molecule has 1 heterocycles. The third-order valence-corrected chi connectivity index (χ3v) is 3.71. The van der Waals surface area contributed by atoms with Crippen LogP contribution in [0, 0.1) is 3.57 Å². The van der Waals surface area contributed by atoms with Crippen LogP contribution in [0.4, 0.5) is 5.00 Å². The number of nitrogens with zero attached hydrogens (tertiary/aromatic N) is 2. The Labute approximate surface area is 118 Å². The predicted molar refractivity (Wildman–Crippen MR) is 77.6 cm³/mol. The van der Waals surface area contributed by atoms with Crippen LogP contribution in [0.2, 0.25) is 0 Å². The van der Waals surface area contributed by atoms with Crippen molar-refractivity contribution in [3.05, 3.63) is 33.5 Å². The number of hydrogen-bond acceptors (Lipinski definition) is 5. The first-order valence-electron chi connectivity index (χ1n) is 5.23. The maximum atomic E-state index is 5.72. The summed E-state index contributed by atoms with van der Waals surface area (Å²) in [5.41, 5.74) is 0.858. The highest BCUT2D eigenvalue weighted by atomic mass is 127. The van der Waals surface area contributed by atoms with Crippen molar-refractivity contribution in [1.82, 2.24) is 9.59 Å². The summed E-state index contributed by atoms with van der Waals surface area (Å²) >= 11 is 3.61. The van der Waals surface area contributed by atoms with Crippen molar-refractivity contribution in [2.45, 2.75) is 13.5 Å². The van der Waals surface area contributed by atoms with E-state index in [1.807, 2.05) is 31.2 Å². The van der Waals surface area contributed by atoms with E-state index in [0.717, 1.165) is 26.6 Å². The van der Waals surface area contributed by atoms with E-state index in [1.54, 1.807) is 0 Å². The van der Waals surface area contributed by atoms with Gasteiger partial charge in [-0.15, -0.1) is 5.10 Å². The molecule has 0 radical (unpaired) electrons. The van der Waals surface area contributed by atoms with Gasteiger partial charge in [0.15, 0.2) is 0 Å². The molecule has 0 fully saturated rings. The molecule has 0 aliphatic heterocycles. The molecular weight excluding hydrogens is 349 g/mol. The molecule has 0 atom stereocenters. The Bertz CT molecular complexity index is 489. The highest BCUT2D eigenvalue weighted by molar-refractivity contribution is 14.1. The van der Waals surface area contributed by atoms with Gasteiger partial charge in [-0.3, -0.25) is 0 Å². The highest BCUT2D eigenvalue weighted by Gasteiger charge is 2.08. The monoisotopic (exact) mass is 361 g/mol. The second-order valence-corrected chi connectivity index (χ2v) is 5.21. The topological polar surface area (TPSA) is 47.0 Å². The van der Waals surface area contributed by atoms with Gasteiger partial charge in [-0.2, -0.15) is 0 Å². The van der Waals surface area contributed by atoms with Crippen LogP contribution in [0.25, 0.3) is 0 Å². The van der Waals surface area contributed by atoms with E-state index in [4.69, 9.17) is 4.74 Å². The van der Waals surface area contributed by atoms with Crippen molar-refractivity contribution < 1.29 is 4.74 Å². The number of nitrogens with one attached hydrogen (secondary N) is 1. The zero-order chi connectivity index (χ0) is 12.1. The van der Waals surface area contributed by atoms with Crippen molar-refractivity contribution >= 4 is 39.1 Å². The Kier molecular flexibility index (Phi) is 4.55. The fourth-order valence-corrected chi connectivity index (χ4v) is 2.48. The minimum atomic E-state index is 0.443. The van der Waals surface area contributed by atoms with Gasteiger partial charge < -0.3 is 10.1 Å². The van der Waals surface area contributed by atoms with Crippen molar-refractivity contribution in [2.75, 3.05) is 11.9 Å². The normalized spacial score (nSPS) is 10.2. The molecule has 17 heavy (non-hydrogen) atoms. The van der Waals surface area contributed by atoms with E-state index in [1.165, 1.54) is 11.5 Å². The largest absolute Gasteiger partial charge is 0.486 e. The Morgan fingerprint density at radius 3 is 3.00 bits per heavy atom. The fourth-order valence-electron chi connectivity index (χ4n) is 1.31. The number of anilines is 1. The number of para-hydroxylation sites is 1. The first-order valence-corrected chi connectivity index (χ1v) is 7.09. The first-order chi connectivity index (χ1) is 8.31. The molecule has 1 aromatic heterocycles. The van der Waals surface area contributed by atoms with Crippen LogP contribution in [-0.4, -0.2) is 16.1 Å². The summed E-state index contributed by atoms with van der Waals surface area (Å²) in [5, 5.41) is 8.26. The van der Waals surface area contributed by atoms with Crippen molar-refractivity contribution in [3.63, 3.8) is 0 Å². The molecule has 6 heteroatoms. The standard InChI is InChI=1S/C11H12IN3OS/c1-2-13-11-9(14-15-17-11)7-16-10-6-4-3-5-8(10)12/h3-6,13H,2,7H2,1H3. The van der Waals surface area contributed by atoms with E-state index in [-0.39, 0.29) is 0 Å². The summed E-state index contributed by atoms with van der Waals surface area (Å²) in [6.07, 6.45) is 0. The van der Waals surface area contributed by atoms with Gasteiger partial charge in [0, 0.05) is 18.1 Å². The van der Waals surface area contributed by atoms with Crippen LogP contribution < -0.4 is 10.1 Å². The maximum Gasteiger partial charge on any atom is 0.136 e. The predicted octanol–water partition coefficient (Wildman–Crippen LogP) is 3.15. The molecule has 0 aliphatic carbocycles. The number of ether oxygens (including phenoxy) is 1. The molecule has 90 valence electrons. The van der Waals surface area contributed by atoms with Gasteiger partial charge >= 0.3 is 0 Å². The van der Waals surface area contributed by atoms with Crippen LogP contribution in [-0.2, 0) is 6.61 Å². The molecule has 0 spiro atoms. The van der Waals surface area contributed by atoms with Crippen LogP contribution in [0.3, 0.4) is 0 Å². The summed E-state index contributed by atoms with van der Waals surface area (Å²) in [7, 11) is 0. The van der Waals surface area contributed by atoms with E-state index < -0.39 is 0 Å². The molecular formula is C11H12IN3OS. The molecule has 2 rings (SSSR count). The van der Waals surface area contributed by atoms with Crippen LogP contribution in [0.1, 0.15) is 12.6 Å². The molecule has 1 aromatic carbocycles. The third-order valence-electron chi connectivity index (χ3n) is 2.09. The van der Waals surface area contributed by atoms with Crippen LogP contribution in [0.15, 0.2) is 24.3 Å². The molecule has 0 aliphatic rings. The van der Waals surface area contributed by atoms with E-state index in [2.05, 4.69) is 37.5 Å². The summed E-state index contributed by atoms with van der Waals surface area (Å²) in [6, 6.07) is 7.92. The quantitative estimate of drug-likeness (QED) is 0.832. The minimum Gasteiger partial charge on any atom is -0.486 e. The van der Waals surface area contributed by atoms with Gasteiger partial charge in [-0.1, -0.05) is 16.6 Å². The average Bonchev–Trinajstić information content (AvgIpc) is 2.76. The van der Waals surface area contributed by atoms with Gasteiger partial charge in [-0.05, 0) is 41.6 Å². The lowest BCUT2D eigenvalue weighted by atomic mass is 10.3. The highest BCUT2D eigenvalue weighted by Crippen LogP contribution is 2.23. The number of rotatable bonds is 5. The molecule has 0 unspecified atom stereocenters. The summed E-state index contributed by atoms with van der Waals surface area (Å²) in [4.78, 5) is 0. The molecule has 0 bridgehead atoms. The zero-order valence-corrected chi connectivity index (χ0v) is 12.3. The smallest absolute Gasteiger partial charge is 0.136 e. The van der Waals surface area contributed by atoms with Crippen molar-refractivity contribution in [1.29, 1.82) is 0 Å². The Balaban J connectivity index is 2.02. The lowest BCUT2D eigenvalue weighted by Crippen LogP contribution is -2.02. The zero-order valence-electron chi connectivity index (χ0n) is 9.31. The van der Waals surface area contributed by atoms with E-state index in [0.29, 0.717) is 6.61 Å². The van der Waals surface area contributed by atoms with Gasteiger partial charge in [0.25, 0.3) is 0 Å². The minimum absolute atomic E-state index is 0.443. The SMILES string of the molecule is CCNc1snnc1COc1ccccc1I. The number of benzene rings is 1. The van der Waals surface area contributed by atoms with Crippen LogP contribution in [0.5, 0.6) is 5.75 Å². The Morgan fingerprint density at radius 2 is 2.24 bits per heavy atom. The van der Waals surface area contributed by atoms with Crippen molar-refractivity contribution in [2.24, 2.45) is 0 Å². The van der Waals surface area contributed by atoms with Gasteiger partial charge in [0.2, 0.25) is 0 Å². The number of halogens is 1. The summed E-state index contributed by atoms with van der Waals surface area (Å²) in [6.45, 7) is 3.35. The fraction of sp³-hybridized carbons (Fsp3) is 0.273. The lowest BCUT2D eigenvalue weighted by Gasteiger charge is -2.07.